The minimum Gasteiger partial charge on any atom is -0.385 e. The first-order valence-electron chi connectivity index (χ1n) is 8.85. The standard InChI is InChI=1S/C23H25OS/c1-3-23(24,4-2)19-15-17-22(18-16-19)25(20-11-7-5-8-12-20)21-13-9-6-10-14-21/h5-18,24H,3-4H2,1-2H3/q+1. The van der Waals surface area contributed by atoms with Crippen LogP contribution in [0.3, 0.4) is 0 Å². The summed E-state index contributed by atoms with van der Waals surface area (Å²) >= 11 is 0. The van der Waals surface area contributed by atoms with Gasteiger partial charge in [0.2, 0.25) is 0 Å². The lowest BCUT2D eigenvalue weighted by molar-refractivity contribution is 0.0283. The van der Waals surface area contributed by atoms with Gasteiger partial charge >= 0.3 is 0 Å². The number of rotatable bonds is 6. The minimum absolute atomic E-state index is 0.135. The maximum Gasteiger partial charge on any atom is 0.166 e. The van der Waals surface area contributed by atoms with E-state index in [9.17, 15) is 5.11 Å². The molecule has 25 heavy (non-hydrogen) atoms. The van der Waals surface area contributed by atoms with Gasteiger partial charge in [0.15, 0.2) is 14.7 Å². The Morgan fingerprint density at radius 3 is 1.44 bits per heavy atom. The lowest BCUT2D eigenvalue weighted by atomic mass is 9.89. The topological polar surface area (TPSA) is 20.2 Å². The Hall–Kier alpha value is -2.03. The Morgan fingerprint density at radius 2 is 1.04 bits per heavy atom. The van der Waals surface area contributed by atoms with Gasteiger partial charge in [0.25, 0.3) is 0 Å². The molecule has 1 nitrogen and oxygen atoms in total. The van der Waals surface area contributed by atoms with Crippen LogP contribution in [0.4, 0.5) is 0 Å². The number of aliphatic hydroxyl groups is 1. The van der Waals surface area contributed by atoms with E-state index in [1.165, 1.54) is 14.7 Å². The first kappa shape index (κ1) is 17.8. The van der Waals surface area contributed by atoms with Crippen LogP contribution < -0.4 is 0 Å². The lowest BCUT2D eigenvalue weighted by Gasteiger charge is -2.25. The van der Waals surface area contributed by atoms with E-state index in [0.29, 0.717) is 0 Å². The van der Waals surface area contributed by atoms with Crippen molar-refractivity contribution in [1.82, 2.24) is 0 Å². The van der Waals surface area contributed by atoms with Crippen LogP contribution in [0.1, 0.15) is 32.3 Å². The summed E-state index contributed by atoms with van der Waals surface area (Å²) in [4.78, 5) is 3.89. The van der Waals surface area contributed by atoms with Crippen LogP contribution in [-0.4, -0.2) is 5.11 Å². The Morgan fingerprint density at radius 1 is 0.640 bits per heavy atom. The van der Waals surface area contributed by atoms with Crippen LogP contribution in [0.15, 0.2) is 99.6 Å². The van der Waals surface area contributed by atoms with Crippen molar-refractivity contribution in [3.8, 4) is 0 Å². The van der Waals surface area contributed by atoms with Crippen molar-refractivity contribution in [2.75, 3.05) is 0 Å². The summed E-state index contributed by atoms with van der Waals surface area (Å²) < 4.78 is 0. The molecule has 128 valence electrons. The summed E-state index contributed by atoms with van der Waals surface area (Å²) in [6.07, 6.45) is 1.46. The van der Waals surface area contributed by atoms with Gasteiger partial charge in [0.1, 0.15) is 0 Å². The summed E-state index contributed by atoms with van der Waals surface area (Å²) in [7, 11) is -0.135. The summed E-state index contributed by atoms with van der Waals surface area (Å²) in [5.74, 6) is 0. The Kier molecular flexibility index (Phi) is 5.62. The van der Waals surface area contributed by atoms with E-state index in [1.54, 1.807) is 0 Å². The zero-order valence-corrected chi connectivity index (χ0v) is 15.7. The highest BCUT2D eigenvalue weighted by Gasteiger charge is 2.30. The SMILES string of the molecule is CCC(O)(CC)c1ccc([S+](c2ccccc2)c2ccccc2)cc1. The molecule has 0 radical (unpaired) electrons. The van der Waals surface area contributed by atoms with Gasteiger partial charge in [-0.2, -0.15) is 0 Å². The van der Waals surface area contributed by atoms with Crippen molar-refractivity contribution in [3.63, 3.8) is 0 Å². The van der Waals surface area contributed by atoms with E-state index >= 15 is 0 Å². The second kappa shape index (κ2) is 7.90. The van der Waals surface area contributed by atoms with Crippen LogP contribution in [-0.2, 0) is 16.5 Å². The van der Waals surface area contributed by atoms with E-state index in [1.807, 2.05) is 13.8 Å². The van der Waals surface area contributed by atoms with Crippen molar-refractivity contribution < 1.29 is 5.11 Å². The molecule has 3 rings (SSSR count). The summed E-state index contributed by atoms with van der Waals surface area (Å²) in [5.41, 5.74) is 0.280. The van der Waals surface area contributed by atoms with E-state index < -0.39 is 5.60 Å². The molecule has 0 amide bonds. The molecule has 0 unspecified atom stereocenters. The number of hydrogen-bond donors (Lipinski definition) is 1. The van der Waals surface area contributed by atoms with Gasteiger partial charge in [-0.1, -0.05) is 62.4 Å². The third-order valence-corrected chi connectivity index (χ3v) is 6.99. The fourth-order valence-electron chi connectivity index (χ4n) is 3.08. The molecule has 0 bridgehead atoms. The van der Waals surface area contributed by atoms with Gasteiger partial charge in [0, 0.05) is 0 Å². The molecule has 0 fully saturated rings. The van der Waals surface area contributed by atoms with Crippen LogP contribution in [0.5, 0.6) is 0 Å². The molecule has 0 aliphatic rings. The summed E-state index contributed by atoms with van der Waals surface area (Å²) in [6, 6.07) is 29.8. The van der Waals surface area contributed by atoms with Gasteiger partial charge in [0.05, 0.1) is 16.5 Å². The average Bonchev–Trinajstić information content (AvgIpc) is 2.70. The van der Waals surface area contributed by atoms with Crippen molar-refractivity contribution >= 4 is 10.9 Å². The lowest BCUT2D eigenvalue weighted by Crippen LogP contribution is -2.23. The van der Waals surface area contributed by atoms with Crippen molar-refractivity contribution in [2.24, 2.45) is 0 Å². The zero-order valence-electron chi connectivity index (χ0n) is 14.9. The van der Waals surface area contributed by atoms with Gasteiger partial charge < -0.3 is 5.11 Å². The molecule has 3 aromatic rings. The molecule has 0 aliphatic carbocycles. The fraction of sp³-hybridized carbons (Fsp3) is 0.217. The predicted octanol–water partition coefficient (Wildman–Crippen LogP) is 5.79. The highest BCUT2D eigenvalue weighted by atomic mass is 32.2. The quantitative estimate of drug-likeness (QED) is 0.558. The highest BCUT2D eigenvalue weighted by Crippen LogP contribution is 2.34. The van der Waals surface area contributed by atoms with Gasteiger partial charge in [-0.15, -0.1) is 0 Å². The smallest absolute Gasteiger partial charge is 0.166 e. The van der Waals surface area contributed by atoms with E-state index in [4.69, 9.17) is 0 Å². The molecule has 0 saturated carbocycles. The molecule has 0 aromatic heterocycles. The molecule has 0 aliphatic heterocycles. The second-order valence-corrected chi connectivity index (χ2v) is 8.22. The molecule has 3 aromatic carbocycles. The molecule has 1 N–H and O–H groups in total. The van der Waals surface area contributed by atoms with Gasteiger partial charge in [-0.3, -0.25) is 0 Å². The Labute approximate surface area is 153 Å². The maximum absolute atomic E-state index is 10.8. The average molecular weight is 350 g/mol. The Balaban J connectivity index is 2.03. The first-order chi connectivity index (χ1) is 12.2. The molecule has 0 spiro atoms. The van der Waals surface area contributed by atoms with Crippen LogP contribution >= 0.6 is 0 Å². The van der Waals surface area contributed by atoms with Crippen molar-refractivity contribution in [3.05, 3.63) is 90.5 Å². The normalized spacial score (nSPS) is 11.7. The first-order valence-corrected chi connectivity index (χ1v) is 10.1. The highest BCUT2D eigenvalue weighted by molar-refractivity contribution is 7.97. The van der Waals surface area contributed by atoms with E-state index in [0.717, 1.165) is 18.4 Å². The van der Waals surface area contributed by atoms with Crippen molar-refractivity contribution in [2.45, 2.75) is 47.0 Å². The summed E-state index contributed by atoms with van der Waals surface area (Å²) in [5, 5.41) is 10.8. The van der Waals surface area contributed by atoms with Crippen LogP contribution in [0.25, 0.3) is 0 Å². The second-order valence-electron chi connectivity index (χ2n) is 6.20. The Bertz CT molecular complexity index is 738. The molecule has 2 heteroatoms. The van der Waals surface area contributed by atoms with Crippen LogP contribution in [0, 0.1) is 0 Å². The third-order valence-electron chi connectivity index (χ3n) is 4.75. The molecule has 0 heterocycles. The molecular weight excluding hydrogens is 324 g/mol. The molecular formula is C23H25OS+. The predicted molar refractivity (Wildman–Crippen MR) is 106 cm³/mol. The van der Waals surface area contributed by atoms with E-state index in [-0.39, 0.29) is 10.9 Å². The zero-order chi connectivity index (χ0) is 17.7. The van der Waals surface area contributed by atoms with Crippen molar-refractivity contribution in [1.29, 1.82) is 0 Å². The molecule has 0 atom stereocenters. The number of benzene rings is 3. The monoisotopic (exact) mass is 349 g/mol. The van der Waals surface area contributed by atoms with E-state index in [2.05, 4.69) is 84.9 Å². The maximum atomic E-state index is 10.8. The fourth-order valence-corrected chi connectivity index (χ4v) is 5.16. The van der Waals surface area contributed by atoms with Gasteiger partial charge in [-0.05, 0) is 54.8 Å². The number of hydrogen-bond acceptors (Lipinski definition) is 1. The minimum atomic E-state index is -0.726. The van der Waals surface area contributed by atoms with Gasteiger partial charge in [-0.25, -0.2) is 0 Å². The molecule has 0 saturated heterocycles. The largest absolute Gasteiger partial charge is 0.385 e. The van der Waals surface area contributed by atoms with Crippen LogP contribution in [0.2, 0.25) is 0 Å². The third kappa shape index (κ3) is 3.81. The summed E-state index contributed by atoms with van der Waals surface area (Å²) in [6.45, 7) is 4.08.